The van der Waals surface area contributed by atoms with Crippen LogP contribution in [-0.2, 0) is 16.0 Å². The summed E-state index contributed by atoms with van der Waals surface area (Å²) in [5.74, 6) is 0.287. The fourth-order valence-corrected chi connectivity index (χ4v) is 3.56. The molecule has 23 heavy (non-hydrogen) atoms. The van der Waals surface area contributed by atoms with E-state index in [0.717, 1.165) is 44.7 Å². The maximum Gasteiger partial charge on any atom is 0.241 e. The van der Waals surface area contributed by atoms with Crippen LogP contribution in [0.5, 0.6) is 0 Å². The molecule has 124 valence electrons. The lowest BCUT2D eigenvalue weighted by Gasteiger charge is -2.38. The van der Waals surface area contributed by atoms with Crippen molar-refractivity contribution in [2.24, 2.45) is 0 Å². The first-order valence-electron chi connectivity index (χ1n) is 8.44. The van der Waals surface area contributed by atoms with Crippen molar-refractivity contribution in [3.05, 3.63) is 29.8 Å². The molecule has 2 aliphatic heterocycles. The van der Waals surface area contributed by atoms with Gasteiger partial charge in [0.1, 0.15) is 0 Å². The number of hydrogen-bond donors (Lipinski definition) is 0. The standard InChI is InChI=1S/C18H25N3O2/c1-14-7-8-16-5-3-4-6-17(16)21(14)18(23)13-19-9-11-20(12-10-19)15(2)22/h3-6,14H,7-13H2,1-2H3/t14-/m1/s1. The third kappa shape index (κ3) is 3.39. The van der Waals surface area contributed by atoms with Crippen molar-refractivity contribution in [2.45, 2.75) is 32.7 Å². The van der Waals surface area contributed by atoms with Crippen LogP contribution in [0, 0.1) is 0 Å². The fraction of sp³-hybridized carbons (Fsp3) is 0.556. The molecule has 0 radical (unpaired) electrons. The van der Waals surface area contributed by atoms with Gasteiger partial charge in [0.05, 0.1) is 6.54 Å². The molecule has 0 aliphatic carbocycles. The molecule has 5 heteroatoms. The number of hydrogen-bond acceptors (Lipinski definition) is 3. The second-order valence-electron chi connectivity index (χ2n) is 6.56. The summed E-state index contributed by atoms with van der Waals surface area (Å²) in [6, 6.07) is 8.46. The Balaban J connectivity index is 1.66. The number of piperazine rings is 1. The Labute approximate surface area is 137 Å². The van der Waals surface area contributed by atoms with E-state index in [1.54, 1.807) is 6.92 Å². The first-order chi connectivity index (χ1) is 11.1. The topological polar surface area (TPSA) is 43.9 Å². The van der Waals surface area contributed by atoms with Crippen LogP contribution in [0.25, 0.3) is 0 Å². The Morgan fingerprint density at radius 2 is 1.83 bits per heavy atom. The van der Waals surface area contributed by atoms with Crippen LogP contribution in [-0.4, -0.2) is 60.4 Å². The summed E-state index contributed by atoms with van der Waals surface area (Å²) in [6.45, 7) is 7.15. The van der Waals surface area contributed by atoms with E-state index in [9.17, 15) is 9.59 Å². The first kappa shape index (κ1) is 16.0. The van der Waals surface area contributed by atoms with Gasteiger partial charge in [-0.25, -0.2) is 0 Å². The van der Waals surface area contributed by atoms with E-state index in [-0.39, 0.29) is 17.9 Å². The van der Waals surface area contributed by atoms with E-state index in [1.807, 2.05) is 21.9 Å². The van der Waals surface area contributed by atoms with Crippen molar-refractivity contribution in [1.29, 1.82) is 0 Å². The molecule has 2 aliphatic rings. The van der Waals surface area contributed by atoms with E-state index in [2.05, 4.69) is 24.0 Å². The predicted octanol–water partition coefficient (Wildman–Crippen LogP) is 1.52. The van der Waals surface area contributed by atoms with Gasteiger partial charge < -0.3 is 9.80 Å². The molecular formula is C18H25N3O2. The molecule has 3 rings (SSSR count). The van der Waals surface area contributed by atoms with Crippen LogP contribution in [0.1, 0.15) is 25.8 Å². The lowest BCUT2D eigenvalue weighted by molar-refractivity contribution is -0.130. The number of carbonyl (C=O) groups excluding carboxylic acids is 2. The normalized spacial score (nSPS) is 21.9. The largest absolute Gasteiger partial charge is 0.340 e. The van der Waals surface area contributed by atoms with Crippen molar-refractivity contribution in [2.75, 3.05) is 37.6 Å². The van der Waals surface area contributed by atoms with E-state index in [4.69, 9.17) is 0 Å². The molecule has 0 N–H and O–H groups in total. The minimum atomic E-state index is 0.120. The van der Waals surface area contributed by atoms with Crippen molar-refractivity contribution in [3.8, 4) is 0 Å². The molecule has 2 heterocycles. The van der Waals surface area contributed by atoms with Gasteiger partial charge in [-0.3, -0.25) is 14.5 Å². The van der Waals surface area contributed by atoms with Gasteiger partial charge >= 0.3 is 0 Å². The monoisotopic (exact) mass is 315 g/mol. The molecule has 1 atom stereocenters. The molecule has 1 aromatic rings. The number of carbonyl (C=O) groups is 2. The van der Waals surface area contributed by atoms with Gasteiger partial charge in [-0.1, -0.05) is 18.2 Å². The molecule has 0 bridgehead atoms. The maximum absolute atomic E-state index is 12.9. The van der Waals surface area contributed by atoms with Gasteiger partial charge in [-0.05, 0) is 31.4 Å². The molecule has 1 fully saturated rings. The Bertz CT molecular complexity index is 594. The molecule has 0 unspecified atom stereocenters. The molecule has 1 saturated heterocycles. The molecule has 1 aromatic carbocycles. The van der Waals surface area contributed by atoms with Crippen molar-refractivity contribution in [1.82, 2.24) is 9.80 Å². The molecule has 2 amide bonds. The van der Waals surface area contributed by atoms with Crippen LogP contribution >= 0.6 is 0 Å². The molecule has 0 spiro atoms. The van der Waals surface area contributed by atoms with Gasteiger partial charge in [0.15, 0.2) is 0 Å². The Morgan fingerprint density at radius 3 is 2.52 bits per heavy atom. The lowest BCUT2D eigenvalue weighted by Crippen LogP contribution is -2.52. The van der Waals surface area contributed by atoms with Gasteiger partial charge in [0.25, 0.3) is 0 Å². The van der Waals surface area contributed by atoms with Crippen LogP contribution in [0.15, 0.2) is 24.3 Å². The number of aryl methyl sites for hydroxylation is 1. The van der Waals surface area contributed by atoms with E-state index in [0.29, 0.717) is 6.54 Å². The molecule has 0 aromatic heterocycles. The van der Waals surface area contributed by atoms with Crippen LogP contribution in [0.2, 0.25) is 0 Å². The third-order valence-electron chi connectivity index (χ3n) is 4.97. The third-order valence-corrected chi connectivity index (χ3v) is 4.97. The van der Waals surface area contributed by atoms with E-state index < -0.39 is 0 Å². The predicted molar refractivity (Wildman–Crippen MR) is 90.4 cm³/mol. The molecule has 5 nitrogen and oxygen atoms in total. The summed E-state index contributed by atoms with van der Waals surface area (Å²) >= 11 is 0. The molecule has 0 saturated carbocycles. The first-order valence-corrected chi connectivity index (χ1v) is 8.44. The average Bonchev–Trinajstić information content (AvgIpc) is 2.55. The van der Waals surface area contributed by atoms with Crippen molar-refractivity contribution < 1.29 is 9.59 Å². The zero-order valence-electron chi connectivity index (χ0n) is 14.0. The molecular weight excluding hydrogens is 290 g/mol. The number of rotatable bonds is 2. The highest BCUT2D eigenvalue weighted by Crippen LogP contribution is 2.30. The second kappa shape index (κ2) is 6.71. The van der Waals surface area contributed by atoms with Gasteiger partial charge in [0, 0.05) is 44.8 Å². The van der Waals surface area contributed by atoms with Crippen molar-refractivity contribution >= 4 is 17.5 Å². The Kier molecular flexibility index (Phi) is 4.66. The number of para-hydroxylation sites is 1. The van der Waals surface area contributed by atoms with E-state index >= 15 is 0 Å². The smallest absolute Gasteiger partial charge is 0.241 e. The summed E-state index contributed by atoms with van der Waals surface area (Å²) in [7, 11) is 0. The zero-order chi connectivity index (χ0) is 16.4. The highest BCUT2D eigenvalue weighted by molar-refractivity contribution is 5.96. The number of fused-ring (bicyclic) bond motifs is 1. The summed E-state index contributed by atoms with van der Waals surface area (Å²) in [5.41, 5.74) is 2.33. The van der Waals surface area contributed by atoms with Gasteiger partial charge in [-0.2, -0.15) is 0 Å². The number of benzene rings is 1. The Morgan fingerprint density at radius 1 is 1.13 bits per heavy atom. The number of nitrogens with zero attached hydrogens (tertiary/aromatic N) is 3. The van der Waals surface area contributed by atoms with Crippen LogP contribution < -0.4 is 4.90 Å². The highest BCUT2D eigenvalue weighted by atomic mass is 16.2. The highest BCUT2D eigenvalue weighted by Gasteiger charge is 2.29. The fourth-order valence-electron chi connectivity index (χ4n) is 3.56. The lowest BCUT2D eigenvalue weighted by atomic mass is 9.96. The van der Waals surface area contributed by atoms with Crippen molar-refractivity contribution in [3.63, 3.8) is 0 Å². The second-order valence-corrected chi connectivity index (χ2v) is 6.56. The minimum Gasteiger partial charge on any atom is -0.340 e. The Hall–Kier alpha value is -1.88. The van der Waals surface area contributed by atoms with Gasteiger partial charge in [0.2, 0.25) is 11.8 Å². The maximum atomic E-state index is 12.9. The summed E-state index contributed by atoms with van der Waals surface area (Å²) in [5, 5.41) is 0. The minimum absolute atomic E-state index is 0.120. The average molecular weight is 315 g/mol. The van der Waals surface area contributed by atoms with Gasteiger partial charge in [-0.15, -0.1) is 0 Å². The number of amides is 2. The number of anilines is 1. The van der Waals surface area contributed by atoms with Crippen LogP contribution in [0.3, 0.4) is 0 Å². The van der Waals surface area contributed by atoms with Crippen LogP contribution in [0.4, 0.5) is 5.69 Å². The quantitative estimate of drug-likeness (QED) is 0.831. The summed E-state index contributed by atoms with van der Waals surface area (Å²) < 4.78 is 0. The summed E-state index contributed by atoms with van der Waals surface area (Å²) in [6.07, 6.45) is 2.05. The zero-order valence-corrected chi connectivity index (χ0v) is 14.0. The summed E-state index contributed by atoms with van der Waals surface area (Å²) in [4.78, 5) is 30.2. The van der Waals surface area contributed by atoms with E-state index in [1.165, 1.54) is 5.56 Å². The SMILES string of the molecule is CC(=O)N1CCN(CC(=O)N2c3ccccc3CC[C@H]2C)CC1.